The van der Waals surface area contributed by atoms with Crippen LogP contribution in [-0.4, -0.2) is 31.0 Å². The van der Waals surface area contributed by atoms with Crippen LogP contribution in [0.1, 0.15) is 69.8 Å². The first-order chi connectivity index (χ1) is 15.6. The van der Waals surface area contributed by atoms with Gasteiger partial charge in [0.1, 0.15) is 12.4 Å². The number of ether oxygens (including phenoxy) is 1. The molecule has 172 valence electrons. The Balaban J connectivity index is 1.47. The number of likely N-dealkylation sites (N-methyl/N-ethyl adjacent to an activating group) is 1. The fourth-order valence-corrected chi connectivity index (χ4v) is 4.73. The molecule has 0 aliphatic heterocycles. The fourth-order valence-electron chi connectivity index (χ4n) is 4.73. The summed E-state index contributed by atoms with van der Waals surface area (Å²) in [6.07, 6.45) is 12.4. The Morgan fingerprint density at radius 3 is 2.22 bits per heavy atom. The zero-order valence-electron chi connectivity index (χ0n) is 19.9. The van der Waals surface area contributed by atoms with Gasteiger partial charge < -0.3 is 9.64 Å². The molecule has 0 bridgehead atoms. The first kappa shape index (κ1) is 24.1. The van der Waals surface area contributed by atoms with Gasteiger partial charge in [0, 0.05) is 7.05 Å². The Labute approximate surface area is 194 Å². The van der Waals surface area contributed by atoms with Crippen molar-refractivity contribution in [3.63, 3.8) is 0 Å². The molecule has 0 radical (unpaired) electrons. The number of hydrogen-bond donors (Lipinski definition) is 0. The molecule has 2 aromatic carbocycles. The average molecular weight is 434 g/mol. The lowest BCUT2D eigenvalue weighted by atomic mass is 9.77. The van der Waals surface area contributed by atoms with Crippen LogP contribution in [0.4, 0.5) is 0 Å². The van der Waals surface area contributed by atoms with E-state index in [4.69, 9.17) is 4.74 Å². The van der Waals surface area contributed by atoms with E-state index in [1.165, 1.54) is 74.1 Å². The maximum absolute atomic E-state index is 11.5. The second kappa shape index (κ2) is 12.5. The number of unbranched alkanes of at least 4 members (excludes halogenated alkanes) is 2. The van der Waals surface area contributed by atoms with Crippen LogP contribution in [0.5, 0.6) is 5.75 Å². The second-order valence-corrected chi connectivity index (χ2v) is 9.17. The van der Waals surface area contributed by atoms with Crippen LogP contribution in [0.2, 0.25) is 0 Å². The summed E-state index contributed by atoms with van der Waals surface area (Å²) < 4.78 is 5.77. The Morgan fingerprint density at radius 1 is 1.00 bits per heavy atom. The fraction of sp³-hybridized carbons (Fsp3) is 0.483. The Kier molecular flexibility index (Phi) is 9.40. The molecular formula is C29H39NO2. The molecule has 0 heterocycles. The number of benzene rings is 2. The number of hydrogen-bond acceptors (Lipinski definition) is 2. The van der Waals surface area contributed by atoms with E-state index in [2.05, 4.69) is 49.9 Å². The zero-order chi connectivity index (χ0) is 22.8. The monoisotopic (exact) mass is 433 g/mol. The van der Waals surface area contributed by atoms with Crippen molar-refractivity contribution in [2.24, 2.45) is 5.92 Å². The summed E-state index contributed by atoms with van der Waals surface area (Å²) in [5.74, 6) is 2.42. The molecule has 1 saturated carbocycles. The molecule has 3 nitrogen and oxygen atoms in total. The summed E-state index contributed by atoms with van der Waals surface area (Å²) in [6.45, 7) is 6.79. The minimum absolute atomic E-state index is 0.0904. The smallest absolute Gasteiger partial charge is 0.245 e. The average Bonchev–Trinajstić information content (AvgIpc) is 2.84. The molecule has 1 aliphatic carbocycles. The van der Waals surface area contributed by atoms with Gasteiger partial charge in [-0.25, -0.2) is 0 Å². The molecule has 0 saturated heterocycles. The highest BCUT2D eigenvalue weighted by molar-refractivity contribution is 5.86. The van der Waals surface area contributed by atoms with Gasteiger partial charge in [-0.2, -0.15) is 0 Å². The highest BCUT2D eigenvalue weighted by Gasteiger charge is 2.22. The quantitative estimate of drug-likeness (QED) is 0.276. The molecule has 2 aromatic rings. The molecule has 3 rings (SSSR count). The number of carbonyl (C=O) groups excluding carboxylic acids is 1. The van der Waals surface area contributed by atoms with Crippen molar-refractivity contribution in [3.05, 3.63) is 66.7 Å². The first-order valence-corrected chi connectivity index (χ1v) is 12.3. The normalized spacial score (nSPS) is 18.2. The number of amides is 1. The molecule has 0 unspecified atom stereocenters. The van der Waals surface area contributed by atoms with Crippen molar-refractivity contribution >= 4 is 5.91 Å². The molecule has 0 spiro atoms. The third-order valence-electron chi connectivity index (χ3n) is 6.88. The summed E-state index contributed by atoms with van der Waals surface area (Å²) in [5, 5.41) is 0. The predicted octanol–water partition coefficient (Wildman–Crippen LogP) is 7.23. The minimum atomic E-state index is -0.0904. The van der Waals surface area contributed by atoms with E-state index in [1.54, 1.807) is 11.9 Å². The predicted molar refractivity (Wildman–Crippen MR) is 134 cm³/mol. The van der Waals surface area contributed by atoms with E-state index in [0.717, 1.165) is 17.6 Å². The van der Waals surface area contributed by atoms with E-state index < -0.39 is 0 Å². The van der Waals surface area contributed by atoms with Crippen molar-refractivity contribution < 1.29 is 9.53 Å². The molecule has 0 N–H and O–H groups in total. The van der Waals surface area contributed by atoms with E-state index >= 15 is 0 Å². The van der Waals surface area contributed by atoms with Crippen molar-refractivity contribution in [2.75, 3.05) is 20.2 Å². The van der Waals surface area contributed by atoms with Gasteiger partial charge in [-0.15, -0.1) is 0 Å². The van der Waals surface area contributed by atoms with E-state index in [1.807, 2.05) is 12.1 Å². The molecule has 3 heteroatoms. The van der Waals surface area contributed by atoms with E-state index in [-0.39, 0.29) is 5.91 Å². The summed E-state index contributed by atoms with van der Waals surface area (Å²) in [5.41, 5.74) is 3.94. The SMILES string of the molecule is C=CC(=O)N(C)CCOc1ccc(-c2ccc(C3CCC(CCCCC)CC3)cc2)cc1. The standard InChI is InChI=1S/C29H39NO2/c1-4-6-7-8-23-9-11-24(12-10-23)25-13-15-26(16-14-25)27-17-19-28(20-18-27)32-22-21-30(3)29(31)5-2/h5,13-20,23-24H,2,4,6-12,21-22H2,1,3H3. The second-order valence-electron chi connectivity index (χ2n) is 9.17. The lowest BCUT2D eigenvalue weighted by Gasteiger charge is -2.29. The van der Waals surface area contributed by atoms with Crippen LogP contribution >= 0.6 is 0 Å². The maximum atomic E-state index is 11.5. The molecule has 1 amide bonds. The van der Waals surface area contributed by atoms with Crippen molar-refractivity contribution in [1.29, 1.82) is 0 Å². The number of carbonyl (C=O) groups is 1. The third-order valence-corrected chi connectivity index (χ3v) is 6.88. The van der Waals surface area contributed by atoms with Crippen LogP contribution in [0.15, 0.2) is 61.2 Å². The zero-order valence-corrected chi connectivity index (χ0v) is 19.9. The lowest BCUT2D eigenvalue weighted by Crippen LogP contribution is -2.29. The van der Waals surface area contributed by atoms with Gasteiger partial charge in [0.25, 0.3) is 0 Å². The largest absolute Gasteiger partial charge is 0.492 e. The van der Waals surface area contributed by atoms with Crippen molar-refractivity contribution in [1.82, 2.24) is 4.90 Å². The third kappa shape index (κ3) is 6.98. The van der Waals surface area contributed by atoms with Gasteiger partial charge in [0.2, 0.25) is 5.91 Å². The Bertz CT molecular complexity index is 832. The first-order valence-electron chi connectivity index (χ1n) is 12.3. The summed E-state index contributed by atoms with van der Waals surface area (Å²) in [4.78, 5) is 13.1. The van der Waals surface area contributed by atoms with Gasteiger partial charge in [0.05, 0.1) is 6.54 Å². The number of rotatable bonds is 11. The van der Waals surface area contributed by atoms with Gasteiger partial charge in [-0.1, -0.05) is 75.6 Å². The van der Waals surface area contributed by atoms with E-state index in [9.17, 15) is 4.79 Å². The molecule has 1 aliphatic rings. The maximum Gasteiger partial charge on any atom is 0.245 e. The van der Waals surface area contributed by atoms with Crippen molar-refractivity contribution in [2.45, 2.75) is 64.2 Å². The highest BCUT2D eigenvalue weighted by Crippen LogP contribution is 2.38. The van der Waals surface area contributed by atoms with Crippen LogP contribution < -0.4 is 4.74 Å². The van der Waals surface area contributed by atoms with Gasteiger partial charge in [-0.05, 0) is 72.4 Å². The van der Waals surface area contributed by atoms with Crippen LogP contribution in [0.25, 0.3) is 11.1 Å². The van der Waals surface area contributed by atoms with Crippen molar-refractivity contribution in [3.8, 4) is 16.9 Å². The molecule has 0 atom stereocenters. The van der Waals surface area contributed by atoms with Gasteiger partial charge in [0.15, 0.2) is 0 Å². The van der Waals surface area contributed by atoms with Crippen LogP contribution in [0, 0.1) is 5.92 Å². The highest BCUT2D eigenvalue weighted by atomic mass is 16.5. The summed E-state index contributed by atoms with van der Waals surface area (Å²) in [7, 11) is 1.75. The van der Waals surface area contributed by atoms with Gasteiger partial charge >= 0.3 is 0 Å². The molecule has 1 fully saturated rings. The number of nitrogens with zero attached hydrogens (tertiary/aromatic N) is 1. The topological polar surface area (TPSA) is 29.5 Å². The molecule has 0 aromatic heterocycles. The summed E-state index contributed by atoms with van der Waals surface area (Å²) >= 11 is 0. The molecular weight excluding hydrogens is 394 g/mol. The Morgan fingerprint density at radius 2 is 1.62 bits per heavy atom. The minimum Gasteiger partial charge on any atom is -0.492 e. The van der Waals surface area contributed by atoms with Gasteiger partial charge in [-0.3, -0.25) is 4.79 Å². The van der Waals surface area contributed by atoms with Crippen LogP contribution in [-0.2, 0) is 4.79 Å². The van der Waals surface area contributed by atoms with E-state index in [0.29, 0.717) is 13.2 Å². The summed E-state index contributed by atoms with van der Waals surface area (Å²) in [6, 6.07) is 17.4. The van der Waals surface area contributed by atoms with Crippen LogP contribution in [0.3, 0.4) is 0 Å². The Hall–Kier alpha value is -2.55. The lowest BCUT2D eigenvalue weighted by molar-refractivity contribution is -0.125. The molecule has 32 heavy (non-hydrogen) atoms.